The monoisotopic (exact) mass is 279 g/mol. The van der Waals surface area contributed by atoms with Gasteiger partial charge in [-0.25, -0.2) is 0 Å². The average molecular weight is 279 g/mol. The zero-order valence-electron chi connectivity index (χ0n) is 11.0. The van der Waals surface area contributed by atoms with Crippen molar-refractivity contribution in [3.63, 3.8) is 0 Å². The largest absolute Gasteiger partial charge is 0.465 e. The number of carbonyl (C=O) groups is 1. The Labute approximate surface area is 117 Å². The van der Waals surface area contributed by atoms with Gasteiger partial charge in [-0.1, -0.05) is 37.3 Å². The summed E-state index contributed by atoms with van der Waals surface area (Å²) in [7, 11) is 0. The molecule has 1 aromatic rings. The highest BCUT2D eigenvalue weighted by atomic mass is 32.2. The van der Waals surface area contributed by atoms with Gasteiger partial charge in [0.25, 0.3) is 0 Å². The Hall–Kier alpha value is -1.62. The fourth-order valence-electron chi connectivity index (χ4n) is 1.78. The van der Waals surface area contributed by atoms with Crippen LogP contribution >= 0.6 is 12.0 Å². The molecule has 1 heterocycles. The minimum Gasteiger partial charge on any atom is -0.465 e. The van der Waals surface area contributed by atoms with Crippen molar-refractivity contribution in [3.8, 4) is 0 Å². The number of ether oxygens (including phenoxy) is 1. The van der Waals surface area contributed by atoms with Crippen LogP contribution in [0.1, 0.15) is 31.1 Å². The molecule has 0 saturated carbocycles. The van der Waals surface area contributed by atoms with Crippen molar-refractivity contribution in [1.82, 2.24) is 0 Å². The van der Waals surface area contributed by atoms with Crippen molar-refractivity contribution in [2.45, 2.75) is 31.6 Å². The molecule has 0 saturated heterocycles. The van der Waals surface area contributed by atoms with E-state index in [1.807, 2.05) is 44.2 Å². The summed E-state index contributed by atoms with van der Waals surface area (Å²) in [6, 6.07) is 9.93. The second kappa shape index (κ2) is 6.02. The van der Waals surface area contributed by atoms with E-state index >= 15 is 0 Å². The Morgan fingerprint density at radius 2 is 2.11 bits per heavy atom. The lowest BCUT2D eigenvalue weighted by atomic mass is 10.2. The van der Waals surface area contributed by atoms with Crippen molar-refractivity contribution in [2.75, 3.05) is 0 Å². The number of ketones is 1. The molecule has 2 atom stereocenters. The van der Waals surface area contributed by atoms with Crippen molar-refractivity contribution in [3.05, 3.63) is 47.5 Å². The lowest BCUT2D eigenvalue weighted by molar-refractivity contribution is -0.122. The number of nitrogens with two attached hydrogens (primary N) is 1. The van der Waals surface area contributed by atoms with Crippen molar-refractivity contribution >= 4 is 17.8 Å². The van der Waals surface area contributed by atoms with Gasteiger partial charge >= 0.3 is 0 Å². The second-order valence-corrected chi connectivity index (χ2v) is 5.37. The normalized spacial score (nSPS) is 20.3. The lowest BCUT2D eigenvalue weighted by Gasteiger charge is -2.11. The van der Waals surface area contributed by atoms with Gasteiger partial charge in [0.05, 0.1) is 17.3 Å². The van der Waals surface area contributed by atoms with Gasteiger partial charge in [0.2, 0.25) is 17.4 Å². The maximum atomic E-state index is 11.9. The molecule has 0 aliphatic carbocycles. The van der Waals surface area contributed by atoms with Gasteiger partial charge in [0.15, 0.2) is 6.10 Å². The van der Waals surface area contributed by atoms with Gasteiger partial charge < -0.3 is 14.7 Å². The highest BCUT2D eigenvalue weighted by molar-refractivity contribution is 7.95. The number of carbonyl (C=O) groups excluding carboxylic acids is 1. The summed E-state index contributed by atoms with van der Waals surface area (Å²) in [5.74, 6) is 0.0528. The Bertz CT molecular complexity index is 487. The summed E-state index contributed by atoms with van der Waals surface area (Å²) < 4.78 is 10.7. The van der Waals surface area contributed by atoms with Crippen LogP contribution in [0.25, 0.3) is 0 Å². The number of Topliss-reactive ketones (excluding diaryl/α,β-unsaturated/α-hetero) is 1. The molecule has 1 aromatic carbocycles. The number of rotatable bonds is 5. The fraction of sp³-hybridized carbons (Fsp3) is 0.357. The van der Waals surface area contributed by atoms with Gasteiger partial charge in [0.1, 0.15) is 0 Å². The molecule has 4 nitrogen and oxygen atoms in total. The van der Waals surface area contributed by atoms with Crippen LogP contribution in [0.4, 0.5) is 0 Å². The predicted molar refractivity (Wildman–Crippen MR) is 74.9 cm³/mol. The minimum atomic E-state index is -0.498. The summed E-state index contributed by atoms with van der Waals surface area (Å²) in [6.07, 6.45) is 0.0910. The standard InChI is InChI=1S/C14H17NO3S/c1-3-11-12(16)13(14(15)17-11)18-19-9(2)10-7-5-4-6-8-10/h4-9,11H,3,15H2,1-2H3. The fourth-order valence-corrected chi connectivity index (χ4v) is 2.45. The van der Waals surface area contributed by atoms with Crippen LogP contribution < -0.4 is 5.73 Å². The molecule has 1 aliphatic heterocycles. The van der Waals surface area contributed by atoms with E-state index in [4.69, 9.17) is 14.7 Å². The Kier molecular flexibility index (Phi) is 4.37. The summed E-state index contributed by atoms with van der Waals surface area (Å²) in [6.45, 7) is 3.88. The van der Waals surface area contributed by atoms with Crippen molar-refractivity contribution in [1.29, 1.82) is 0 Å². The molecule has 2 unspecified atom stereocenters. The van der Waals surface area contributed by atoms with Crippen LogP contribution in [-0.2, 0) is 13.7 Å². The number of hydrogen-bond donors (Lipinski definition) is 1. The summed E-state index contributed by atoms with van der Waals surface area (Å²) >= 11 is 1.21. The van der Waals surface area contributed by atoms with E-state index < -0.39 is 6.10 Å². The van der Waals surface area contributed by atoms with E-state index in [-0.39, 0.29) is 22.7 Å². The van der Waals surface area contributed by atoms with E-state index in [2.05, 4.69) is 0 Å². The Morgan fingerprint density at radius 3 is 2.68 bits per heavy atom. The third-order valence-corrected chi connectivity index (χ3v) is 3.75. The first-order valence-electron chi connectivity index (χ1n) is 6.22. The van der Waals surface area contributed by atoms with E-state index in [1.54, 1.807) is 0 Å². The average Bonchev–Trinajstić information content (AvgIpc) is 2.72. The van der Waals surface area contributed by atoms with E-state index in [9.17, 15) is 4.79 Å². The molecular weight excluding hydrogens is 262 g/mol. The van der Waals surface area contributed by atoms with Gasteiger partial charge in [-0.3, -0.25) is 4.79 Å². The first-order chi connectivity index (χ1) is 9.13. The van der Waals surface area contributed by atoms with Crippen LogP contribution in [0, 0.1) is 0 Å². The zero-order chi connectivity index (χ0) is 13.8. The topological polar surface area (TPSA) is 61.6 Å². The molecule has 0 aromatic heterocycles. The second-order valence-electron chi connectivity index (χ2n) is 4.30. The Balaban J connectivity index is 1.96. The summed E-state index contributed by atoms with van der Waals surface area (Å²) in [4.78, 5) is 11.9. The van der Waals surface area contributed by atoms with Gasteiger partial charge in [-0.2, -0.15) is 0 Å². The molecule has 102 valence electrons. The molecule has 19 heavy (non-hydrogen) atoms. The molecule has 0 radical (unpaired) electrons. The number of benzene rings is 1. The molecule has 2 N–H and O–H groups in total. The van der Waals surface area contributed by atoms with Crippen LogP contribution in [0.3, 0.4) is 0 Å². The van der Waals surface area contributed by atoms with Crippen LogP contribution in [-0.4, -0.2) is 11.9 Å². The summed E-state index contributed by atoms with van der Waals surface area (Å²) in [5, 5.41) is 0.106. The number of hydrogen-bond acceptors (Lipinski definition) is 5. The molecular formula is C14H17NO3S. The smallest absolute Gasteiger partial charge is 0.244 e. The maximum Gasteiger partial charge on any atom is 0.244 e. The molecule has 0 fully saturated rings. The highest BCUT2D eigenvalue weighted by Crippen LogP contribution is 2.33. The van der Waals surface area contributed by atoms with Crippen molar-refractivity contribution in [2.24, 2.45) is 5.73 Å². The molecule has 2 rings (SSSR count). The third-order valence-electron chi connectivity index (χ3n) is 2.92. The Morgan fingerprint density at radius 1 is 1.42 bits per heavy atom. The first-order valence-corrected chi connectivity index (χ1v) is 7.02. The van der Waals surface area contributed by atoms with Crippen LogP contribution in [0.2, 0.25) is 0 Å². The first kappa shape index (κ1) is 13.8. The lowest BCUT2D eigenvalue weighted by Crippen LogP contribution is -2.17. The minimum absolute atomic E-state index is 0.0876. The zero-order valence-corrected chi connectivity index (χ0v) is 11.8. The predicted octanol–water partition coefficient (Wildman–Crippen LogP) is 2.92. The van der Waals surface area contributed by atoms with Gasteiger partial charge in [-0.05, 0) is 18.9 Å². The van der Waals surface area contributed by atoms with Crippen molar-refractivity contribution < 1.29 is 13.7 Å². The van der Waals surface area contributed by atoms with Gasteiger partial charge in [-0.15, -0.1) is 0 Å². The molecule has 0 amide bonds. The third kappa shape index (κ3) is 3.04. The SMILES string of the molecule is CCC1OC(N)=C(OSC(C)c2ccccc2)C1=O. The van der Waals surface area contributed by atoms with Crippen LogP contribution in [0.15, 0.2) is 42.0 Å². The maximum absolute atomic E-state index is 11.9. The quantitative estimate of drug-likeness (QED) is 0.840. The molecule has 1 aliphatic rings. The molecule has 0 bridgehead atoms. The van der Waals surface area contributed by atoms with E-state index in [1.165, 1.54) is 12.0 Å². The molecule has 5 heteroatoms. The van der Waals surface area contributed by atoms with Crippen LogP contribution in [0.5, 0.6) is 0 Å². The van der Waals surface area contributed by atoms with Gasteiger partial charge in [0, 0.05) is 0 Å². The molecule has 0 spiro atoms. The van der Waals surface area contributed by atoms with E-state index in [0.29, 0.717) is 6.42 Å². The van der Waals surface area contributed by atoms with E-state index in [0.717, 1.165) is 5.56 Å². The summed E-state index contributed by atoms with van der Waals surface area (Å²) in [5.41, 5.74) is 6.79. The highest BCUT2D eigenvalue weighted by Gasteiger charge is 2.35.